The predicted octanol–water partition coefficient (Wildman–Crippen LogP) is 0.123. The van der Waals surface area contributed by atoms with E-state index < -0.39 is 0 Å². The van der Waals surface area contributed by atoms with E-state index in [2.05, 4.69) is 10.3 Å². The van der Waals surface area contributed by atoms with Gasteiger partial charge in [-0.25, -0.2) is 0 Å². The van der Waals surface area contributed by atoms with Crippen LogP contribution >= 0.6 is 0 Å². The van der Waals surface area contributed by atoms with Crippen molar-refractivity contribution in [3.63, 3.8) is 0 Å². The first kappa shape index (κ1) is 12.4. The second-order valence-corrected chi connectivity index (χ2v) is 3.75. The van der Waals surface area contributed by atoms with E-state index in [4.69, 9.17) is 5.11 Å². The number of amides is 1. The molecule has 3 N–H and O–H groups in total. The molecule has 1 aromatic rings. The van der Waals surface area contributed by atoms with Gasteiger partial charge in [0.2, 0.25) is 0 Å². The van der Waals surface area contributed by atoms with Gasteiger partial charge < -0.3 is 15.4 Å². The Bertz CT molecular complexity index is 400. The lowest BCUT2D eigenvalue weighted by molar-refractivity contribution is 0.0944. The van der Waals surface area contributed by atoms with Crippen molar-refractivity contribution in [3.05, 3.63) is 34.2 Å². The highest BCUT2D eigenvalue weighted by molar-refractivity contribution is 5.93. The highest BCUT2D eigenvalue weighted by Gasteiger charge is 2.10. The minimum absolute atomic E-state index is 0.100. The van der Waals surface area contributed by atoms with E-state index in [1.165, 1.54) is 18.5 Å². The van der Waals surface area contributed by atoms with Gasteiger partial charge in [0, 0.05) is 31.6 Å². The van der Waals surface area contributed by atoms with Gasteiger partial charge >= 0.3 is 0 Å². The molecule has 0 aliphatic carbocycles. The van der Waals surface area contributed by atoms with Gasteiger partial charge in [-0.05, 0) is 12.3 Å². The number of aliphatic hydroxyl groups is 1. The Kier molecular flexibility index (Phi) is 4.72. The van der Waals surface area contributed by atoms with Crippen LogP contribution in [0.15, 0.2) is 23.3 Å². The molecule has 5 nitrogen and oxygen atoms in total. The highest BCUT2D eigenvalue weighted by atomic mass is 16.3. The van der Waals surface area contributed by atoms with Crippen LogP contribution in [0.4, 0.5) is 0 Å². The monoisotopic (exact) mass is 224 g/mol. The van der Waals surface area contributed by atoms with Gasteiger partial charge in [-0.15, -0.1) is 0 Å². The molecule has 0 bridgehead atoms. The van der Waals surface area contributed by atoms with Gasteiger partial charge in [-0.3, -0.25) is 9.59 Å². The quantitative estimate of drug-likeness (QED) is 0.664. The van der Waals surface area contributed by atoms with Crippen LogP contribution < -0.4 is 10.7 Å². The maximum absolute atomic E-state index is 11.6. The predicted molar refractivity (Wildman–Crippen MR) is 60.3 cm³/mol. The molecule has 0 aliphatic heterocycles. The van der Waals surface area contributed by atoms with E-state index >= 15 is 0 Å². The SMILES string of the molecule is CC(CCO)CNC(=O)c1c[nH]ccc1=O. The fraction of sp³-hybridized carbons (Fsp3) is 0.455. The molecule has 0 fully saturated rings. The summed E-state index contributed by atoms with van der Waals surface area (Å²) in [5.41, 5.74) is -0.190. The van der Waals surface area contributed by atoms with E-state index in [0.717, 1.165) is 0 Å². The van der Waals surface area contributed by atoms with Crippen molar-refractivity contribution in [2.45, 2.75) is 13.3 Å². The van der Waals surface area contributed by atoms with Crippen molar-refractivity contribution in [2.75, 3.05) is 13.2 Å². The Morgan fingerprint density at radius 1 is 1.62 bits per heavy atom. The topological polar surface area (TPSA) is 82.2 Å². The van der Waals surface area contributed by atoms with Gasteiger partial charge in [-0.2, -0.15) is 0 Å². The van der Waals surface area contributed by atoms with Crippen molar-refractivity contribution < 1.29 is 9.90 Å². The Morgan fingerprint density at radius 3 is 3.00 bits per heavy atom. The average Bonchev–Trinajstić information content (AvgIpc) is 2.27. The van der Waals surface area contributed by atoms with Gasteiger partial charge in [0.05, 0.1) is 0 Å². The van der Waals surface area contributed by atoms with Crippen LogP contribution in [0.1, 0.15) is 23.7 Å². The van der Waals surface area contributed by atoms with Crippen LogP contribution in [0.2, 0.25) is 0 Å². The normalized spacial score (nSPS) is 12.1. The molecular formula is C11H16N2O3. The lowest BCUT2D eigenvalue weighted by atomic mass is 10.1. The molecule has 0 radical (unpaired) electrons. The summed E-state index contributed by atoms with van der Waals surface area (Å²) in [5.74, 6) is -0.191. The van der Waals surface area contributed by atoms with E-state index in [0.29, 0.717) is 13.0 Å². The number of rotatable bonds is 5. The van der Waals surface area contributed by atoms with Gasteiger partial charge in [0.15, 0.2) is 5.43 Å². The van der Waals surface area contributed by atoms with Crippen LogP contribution in [0.3, 0.4) is 0 Å². The summed E-state index contributed by atoms with van der Waals surface area (Å²) < 4.78 is 0. The summed E-state index contributed by atoms with van der Waals surface area (Å²) in [5, 5.41) is 11.3. The number of hydrogen-bond donors (Lipinski definition) is 3. The second-order valence-electron chi connectivity index (χ2n) is 3.75. The maximum atomic E-state index is 11.6. The molecule has 0 saturated heterocycles. The Hall–Kier alpha value is -1.62. The van der Waals surface area contributed by atoms with Crippen molar-refractivity contribution in [1.29, 1.82) is 0 Å². The molecule has 1 aromatic heterocycles. The minimum Gasteiger partial charge on any atom is -0.396 e. The molecule has 1 heterocycles. The molecule has 0 spiro atoms. The summed E-state index contributed by atoms with van der Waals surface area (Å²) in [6, 6.07) is 1.31. The number of carbonyl (C=O) groups excluding carboxylic acids is 1. The van der Waals surface area contributed by atoms with E-state index in [1.54, 1.807) is 0 Å². The van der Waals surface area contributed by atoms with Crippen molar-refractivity contribution in [2.24, 2.45) is 5.92 Å². The lowest BCUT2D eigenvalue weighted by Gasteiger charge is -2.10. The Morgan fingerprint density at radius 2 is 2.38 bits per heavy atom. The number of nitrogens with one attached hydrogen (secondary N) is 2. The number of carbonyl (C=O) groups is 1. The molecule has 0 aliphatic rings. The highest BCUT2D eigenvalue weighted by Crippen LogP contribution is 1.98. The molecule has 5 heteroatoms. The van der Waals surface area contributed by atoms with Crippen LogP contribution in [0.25, 0.3) is 0 Å². The second kappa shape index (κ2) is 6.07. The third-order valence-corrected chi connectivity index (χ3v) is 2.30. The van der Waals surface area contributed by atoms with E-state index in [1.807, 2.05) is 6.92 Å². The number of aromatic amines is 1. The summed E-state index contributed by atoms with van der Waals surface area (Å²) in [6.07, 6.45) is 3.49. The number of pyridine rings is 1. The standard InChI is InChI=1S/C11H16N2O3/c1-8(3-5-14)6-13-11(16)9-7-12-4-2-10(9)15/h2,4,7-8,14H,3,5-6H2,1H3,(H,12,15)(H,13,16). The molecule has 1 rings (SSSR count). The van der Waals surface area contributed by atoms with Gasteiger partial charge in [0.25, 0.3) is 5.91 Å². The fourth-order valence-corrected chi connectivity index (χ4v) is 1.28. The molecule has 1 amide bonds. The Balaban J connectivity index is 2.54. The summed E-state index contributed by atoms with van der Waals surface area (Å²) >= 11 is 0. The van der Waals surface area contributed by atoms with Crippen LogP contribution in [0, 0.1) is 5.92 Å². The zero-order valence-electron chi connectivity index (χ0n) is 9.19. The maximum Gasteiger partial charge on any atom is 0.256 e. The largest absolute Gasteiger partial charge is 0.396 e. The van der Waals surface area contributed by atoms with Crippen LogP contribution in [-0.2, 0) is 0 Å². The Labute approximate surface area is 93.5 Å². The number of aromatic nitrogens is 1. The fourth-order valence-electron chi connectivity index (χ4n) is 1.28. The van der Waals surface area contributed by atoms with Gasteiger partial charge in [0.1, 0.15) is 5.56 Å². The van der Waals surface area contributed by atoms with Crippen molar-refractivity contribution >= 4 is 5.91 Å². The van der Waals surface area contributed by atoms with E-state index in [9.17, 15) is 9.59 Å². The summed E-state index contributed by atoms with van der Waals surface area (Å²) in [7, 11) is 0. The zero-order valence-corrected chi connectivity index (χ0v) is 9.19. The molecule has 1 unspecified atom stereocenters. The molecule has 88 valence electrons. The van der Waals surface area contributed by atoms with E-state index in [-0.39, 0.29) is 29.4 Å². The minimum atomic E-state index is -0.383. The zero-order chi connectivity index (χ0) is 12.0. The molecule has 0 saturated carbocycles. The van der Waals surface area contributed by atoms with Crippen LogP contribution in [0.5, 0.6) is 0 Å². The first-order valence-corrected chi connectivity index (χ1v) is 5.21. The first-order valence-electron chi connectivity index (χ1n) is 5.21. The molecule has 0 aromatic carbocycles. The van der Waals surface area contributed by atoms with Gasteiger partial charge in [-0.1, -0.05) is 6.92 Å². The summed E-state index contributed by atoms with van der Waals surface area (Å²) in [4.78, 5) is 25.6. The average molecular weight is 224 g/mol. The van der Waals surface area contributed by atoms with Crippen molar-refractivity contribution in [3.8, 4) is 0 Å². The number of H-pyrrole nitrogens is 1. The smallest absolute Gasteiger partial charge is 0.256 e. The third kappa shape index (κ3) is 3.51. The molecular weight excluding hydrogens is 208 g/mol. The lowest BCUT2D eigenvalue weighted by Crippen LogP contribution is -2.32. The number of aliphatic hydroxyl groups excluding tert-OH is 1. The van der Waals surface area contributed by atoms with Crippen LogP contribution in [-0.4, -0.2) is 29.1 Å². The van der Waals surface area contributed by atoms with Crippen molar-refractivity contribution in [1.82, 2.24) is 10.3 Å². The summed E-state index contributed by atoms with van der Waals surface area (Å²) in [6.45, 7) is 2.47. The number of hydrogen-bond acceptors (Lipinski definition) is 3. The molecule has 1 atom stereocenters. The molecule has 16 heavy (non-hydrogen) atoms. The third-order valence-electron chi connectivity index (χ3n) is 2.30. The first-order chi connectivity index (χ1) is 7.65.